The Hall–Kier alpha value is -1.87. The van der Waals surface area contributed by atoms with E-state index < -0.39 is 23.9 Å². The van der Waals surface area contributed by atoms with Crippen LogP contribution in [0.4, 0.5) is 4.79 Å². The summed E-state index contributed by atoms with van der Waals surface area (Å²) in [4.78, 5) is 32.9. The maximum absolute atomic E-state index is 11.4. The van der Waals surface area contributed by atoms with Crippen molar-refractivity contribution in [2.24, 2.45) is 5.73 Å². The van der Waals surface area contributed by atoms with E-state index in [1.165, 1.54) is 0 Å². The number of hydrogen-bond acceptors (Lipinski definition) is 5. The number of aliphatic carboxylic acids is 1. The van der Waals surface area contributed by atoms with Gasteiger partial charge in [-0.1, -0.05) is 0 Å². The molecular formula is C11H21N3O6. The summed E-state index contributed by atoms with van der Waals surface area (Å²) < 4.78 is 9.88. The fourth-order valence-electron chi connectivity index (χ4n) is 1.23. The molecule has 9 heteroatoms. The molecule has 0 saturated carbocycles. The normalized spacial score (nSPS) is 11.7. The fourth-order valence-corrected chi connectivity index (χ4v) is 1.23. The molecule has 0 aliphatic rings. The molecule has 0 rings (SSSR count). The predicted octanol–water partition coefficient (Wildman–Crippen LogP) is -1.33. The van der Waals surface area contributed by atoms with E-state index in [0.29, 0.717) is 13.2 Å². The number of carbonyl (C=O) groups excluding carboxylic acids is 2. The molecule has 0 radical (unpaired) electrons. The first-order chi connectivity index (χ1) is 9.47. The summed E-state index contributed by atoms with van der Waals surface area (Å²) in [5, 5.41) is 13.5. The zero-order valence-electron chi connectivity index (χ0n) is 11.4. The van der Waals surface area contributed by atoms with Crippen molar-refractivity contribution >= 4 is 17.9 Å². The highest BCUT2D eigenvalue weighted by Crippen LogP contribution is 1.97. The van der Waals surface area contributed by atoms with Crippen LogP contribution in [-0.2, 0) is 19.1 Å². The molecular weight excluding hydrogens is 270 g/mol. The summed E-state index contributed by atoms with van der Waals surface area (Å²) in [5.41, 5.74) is 4.92. The number of amides is 3. The van der Waals surface area contributed by atoms with Crippen molar-refractivity contribution in [2.45, 2.75) is 18.9 Å². The Morgan fingerprint density at radius 2 is 1.95 bits per heavy atom. The van der Waals surface area contributed by atoms with Crippen LogP contribution < -0.4 is 16.4 Å². The number of nitrogens with one attached hydrogen (secondary N) is 2. The van der Waals surface area contributed by atoms with Crippen molar-refractivity contribution in [1.82, 2.24) is 10.6 Å². The number of carboxylic acid groups (broad SMARTS) is 1. The minimum Gasteiger partial charge on any atom is -0.480 e. The van der Waals surface area contributed by atoms with Crippen LogP contribution in [0.2, 0.25) is 0 Å². The van der Waals surface area contributed by atoms with Gasteiger partial charge >= 0.3 is 12.0 Å². The van der Waals surface area contributed by atoms with Crippen molar-refractivity contribution in [3.05, 3.63) is 0 Å². The van der Waals surface area contributed by atoms with Crippen LogP contribution in [-0.4, -0.2) is 62.5 Å². The highest BCUT2D eigenvalue weighted by Gasteiger charge is 2.20. The molecule has 20 heavy (non-hydrogen) atoms. The third kappa shape index (κ3) is 10.1. The second-order valence-electron chi connectivity index (χ2n) is 3.90. The Morgan fingerprint density at radius 3 is 2.50 bits per heavy atom. The average Bonchev–Trinajstić information content (AvgIpc) is 2.38. The largest absolute Gasteiger partial charge is 0.480 e. The van der Waals surface area contributed by atoms with E-state index >= 15 is 0 Å². The predicted molar refractivity (Wildman–Crippen MR) is 69.1 cm³/mol. The topological polar surface area (TPSA) is 140 Å². The maximum Gasteiger partial charge on any atom is 0.326 e. The van der Waals surface area contributed by atoms with Crippen LogP contribution in [0.3, 0.4) is 0 Å². The number of primary amides is 1. The van der Waals surface area contributed by atoms with Gasteiger partial charge in [0.25, 0.3) is 0 Å². The van der Waals surface area contributed by atoms with E-state index in [1.807, 2.05) is 0 Å². The maximum atomic E-state index is 11.4. The van der Waals surface area contributed by atoms with Gasteiger partial charge in [0.1, 0.15) is 6.04 Å². The number of methoxy groups -OCH3 is 1. The molecule has 0 spiro atoms. The molecule has 0 aromatic rings. The summed E-state index contributed by atoms with van der Waals surface area (Å²) >= 11 is 0. The summed E-state index contributed by atoms with van der Waals surface area (Å²) in [6.07, 6.45) is -0.167. The molecule has 0 aromatic heterocycles. The van der Waals surface area contributed by atoms with Gasteiger partial charge in [-0.15, -0.1) is 0 Å². The smallest absolute Gasteiger partial charge is 0.326 e. The van der Waals surface area contributed by atoms with E-state index in [2.05, 4.69) is 10.6 Å². The molecule has 1 atom stereocenters. The van der Waals surface area contributed by atoms with E-state index in [-0.39, 0.29) is 26.0 Å². The Morgan fingerprint density at radius 1 is 1.25 bits per heavy atom. The van der Waals surface area contributed by atoms with Crippen LogP contribution in [0.25, 0.3) is 0 Å². The van der Waals surface area contributed by atoms with Crippen molar-refractivity contribution < 1.29 is 29.0 Å². The molecule has 0 fully saturated rings. The molecule has 5 N–H and O–H groups in total. The Kier molecular flexibility index (Phi) is 9.97. The van der Waals surface area contributed by atoms with E-state index in [9.17, 15) is 14.4 Å². The Labute approximate surface area is 116 Å². The van der Waals surface area contributed by atoms with Crippen molar-refractivity contribution in [3.63, 3.8) is 0 Å². The van der Waals surface area contributed by atoms with E-state index in [4.69, 9.17) is 20.3 Å². The molecule has 0 saturated heterocycles. The van der Waals surface area contributed by atoms with Crippen LogP contribution >= 0.6 is 0 Å². The van der Waals surface area contributed by atoms with Crippen molar-refractivity contribution in [1.29, 1.82) is 0 Å². The zero-order chi connectivity index (χ0) is 15.4. The molecule has 3 amide bonds. The lowest BCUT2D eigenvalue weighted by atomic mass is 10.1. The highest BCUT2D eigenvalue weighted by atomic mass is 16.5. The van der Waals surface area contributed by atoms with Gasteiger partial charge in [0.2, 0.25) is 5.91 Å². The van der Waals surface area contributed by atoms with Crippen LogP contribution in [0, 0.1) is 0 Å². The minimum atomic E-state index is -1.22. The molecule has 0 aliphatic carbocycles. The third-order valence-electron chi connectivity index (χ3n) is 2.25. The Bertz CT molecular complexity index is 323. The monoisotopic (exact) mass is 291 g/mol. The summed E-state index contributed by atoms with van der Waals surface area (Å²) in [6.45, 7) is 1.39. The SMILES string of the molecule is COCCOCCNC(=O)N[C@@H](CCC(N)=O)C(=O)O. The van der Waals surface area contributed by atoms with Gasteiger partial charge in [-0.3, -0.25) is 4.79 Å². The van der Waals surface area contributed by atoms with Gasteiger partial charge < -0.3 is 30.9 Å². The number of rotatable bonds is 11. The van der Waals surface area contributed by atoms with Gasteiger partial charge in [0.05, 0.1) is 19.8 Å². The number of hydrogen-bond donors (Lipinski definition) is 4. The van der Waals surface area contributed by atoms with Gasteiger partial charge in [0, 0.05) is 20.1 Å². The number of nitrogens with two attached hydrogens (primary N) is 1. The number of carbonyl (C=O) groups is 3. The van der Waals surface area contributed by atoms with Crippen LogP contribution in [0.15, 0.2) is 0 Å². The first-order valence-corrected chi connectivity index (χ1v) is 6.09. The van der Waals surface area contributed by atoms with Crippen LogP contribution in [0.1, 0.15) is 12.8 Å². The number of urea groups is 1. The van der Waals surface area contributed by atoms with Gasteiger partial charge in [-0.2, -0.15) is 0 Å². The summed E-state index contributed by atoms with van der Waals surface area (Å²) in [5.74, 6) is -1.84. The molecule has 0 unspecified atom stereocenters. The quantitative estimate of drug-likeness (QED) is 0.348. The van der Waals surface area contributed by atoms with Crippen LogP contribution in [0.5, 0.6) is 0 Å². The second kappa shape index (κ2) is 11.0. The molecule has 116 valence electrons. The molecule has 0 aliphatic heterocycles. The summed E-state index contributed by atoms with van der Waals surface area (Å²) in [6, 6.07) is -1.80. The minimum absolute atomic E-state index is 0.0531. The lowest BCUT2D eigenvalue weighted by molar-refractivity contribution is -0.139. The standard InChI is InChI=1S/C11H21N3O6/c1-19-6-7-20-5-4-13-11(18)14-8(10(16)17)2-3-9(12)15/h8H,2-7H2,1H3,(H2,12,15)(H,16,17)(H2,13,14,18)/t8-/m0/s1. The number of ether oxygens (including phenoxy) is 2. The summed E-state index contributed by atoms with van der Waals surface area (Å²) in [7, 11) is 1.55. The average molecular weight is 291 g/mol. The van der Waals surface area contributed by atoms with E-state index in [0.717, 1.165) is 0 Å². The van der Waals surface area contributed by atoms with Gasteiger partial charge in [-0.25, -0.2) is 9.59 Å². The fraction of sp³-hybridized carbons (Fsp3) is 0.727. The first kappa shape index (κ1) is 18.1. The highest BCUT2D eigenvalue weighted by molar-refractivity contribution is 5.83. The number of carboxylic acids is 1. The lowest BCUT2D eigenvalue weighted by Crippen LogP contribution is -2.47. The molecule has 0 bridgehead atoms. The molecule has 9 nitrogen and oxygen atoms in total. The lowest BCUT2D eigenvalue weighted by Gasteiger charge is -2.14. The third-order valence-corrected chi connectivity index (χ3v) is 2.25. The van der Waals surface area contributed by atoms with Gasteiger partial charge in [0.15, 0.2) is 0 Å². The van der Waals surface area contributed by atoms with Gasteiger partial charge in [-0.05, 0) is 6.42 Å². The molecule has 0 heterocycles. The first-order valence-electron chi connectivity index (χ1n) is 6.09. The van der Waals surface area contributed by atoms with Crippen molar-refractivity contribution in [2.75, 3.05) is 33.5 Å². The Balaban J connectivity index is 3.84. The molecule has 0 aromatic carbocycles. The second-order valence-corrected chi connectivity index (χ2v) is 3.90. The van der Waals surface area contributed by atoms with E-state index in [1.54, 1.807) is 7.11 Å². The van der Waals surface area contributed by atoms with Crippen molar-refractivity contribution in [3.8, 4) is 0 Å². The zero-order valence-corrected chi connectivity index (χ0v) is 11.4.